The first-order valence-electron chi connectivity index (χ1n) is 5.45. The second-order valence-electron chi connectivity index (χ2n) is 4.09. The third kappa shape index (κ3) is 2.23. The number of hydrogen-bond acceptors (Lipinski definition) is 2. The Morgan fingerprint density at radius 1 is 1.17 bits per heavy atom. The van der Waals surface area contributed by atoms with Gasteiger partial charge in [-0.05, 0) is 18.6 Å². The van der Waals surface area contributed by atoms with Gasteiger partial charge >= 0.3 is 0 Å². The van der Waals surface area contributed by atoms with Gasteiger partial charge < -0.3 is 4.90 Å². The van der Waals surface area contributed by atoms with Crippen LogP contribution in [0.2, 0.25) is 0 Å². The summed E-state index contributed by atoms with van der Waals surface area (Å²) in [6.07, 6.45) is 0.875. The molecule has 0 bridgehead atoms. The van der Waals surface area contributed by atoms with Crippen LogP contribution in [0.15, 0.2) is 12.1 Å². The number of carbonyl (C=O) groups is 2. The van der Waals surface area contributed by atoms with Crippen LogP contribution >= 0.6 is 0 Å². The third-order valence-corrected chi connectivity index (χ3v) is 2.80. The molecule has 1 aromatic carbocycles. The number of halogens is 3. The van der Waals surface area contributed by atoms with E-state index >= 15 is 0 Å². The minimum Gasteiger partial charge on any atom is -0.331 e. The number of benzene rings is 1. The maximum atomic E-state index is 13.4. The molecule has 0 N–H and O–H groups in total. The monoisotopic (exact) mass is 257 g/mol. The number of hydrogen-bond donors (Lipinski definition) is 0. The smallest absolute Gasteiger partial charge is 0.257 e. The quantitative estimate of drug-likeness (QED) is 0.721. The van der Waals surface area contributed by atoms with Crippen molar-refractivity contribution in [2.24, 2.45) is 0 Å². The van der Waals surface area contributed by atoms with Crippen molar-refractivity contribution in [3.8, 4) is 0 Å². The van der Waals surface area contributed by atoms with Crippen molar-refractivity contribution < 1.29 is 22.8 Å². The van der Waals surface area contributed by atoms with Crippen LogP contribution in [0.3, 0.4) is 0 Å². The van der Waals surface area contributed by atoms with Gasteiger partial charge in [-0.1, -0.05) is 0 Å². The molecule has 18 heavy (non-hydrogen) atoms. The molecule has 1 amide bonds. The Morgan fingerprint density at radius 3 is 2.56 bits per heavy atom. The second kappa shape index (κ2) is 4.80. The largest absolute Gasteiger partial charge is 0.331 e. The number of Topliss-reactive ketones (excluding diaryl/α,β-unsaturated/α-hetero) is 1. The van der Waals surface area contributed by atoms with Crippen LogP contribution in [-0.4, -0.2) is 29.7 Å². The Kier molecular flexibility index (Phi) is 3.36. The van der Waals surface area contributed by atoms with Crippen LogP contribution in [-0.2, 0) is 4.79 Å². The van der Waals surface area contributed by atoms with Crippen molar-refractivity contribution in [3.05, 3.63) is 35.1 Å². The average Bonchev–Trinajstić information content (AvgIpc) is 2.35. The topological polar surface area (TPSA) is 37.4 Å². The number of nitrogens with zero attached hydrogens (tertiary/aromatic N) is 1. The van der Waals surface area contributed by atoms with Gasteiger partial charge in [0.1, 0.15) is 0 Å². The molecule has 0 spiro atoms. The molecular weight excluding hydrogens is 247 g/mol. The van der Waals surface area contributed by atoms with Crippen LogP contribution in [0.4, 0.5) is 13.2 Å². The van der Waals surface area contributed by atoms with Gasteiger partial charge in [-0.2, -0.15) is 0 Å². The summed E-state index contributed by atoms with van der Waals surface area (Å²) in [5, 5.41) is 0. The maximum Gasteiger partial charge on any atom is 0.257 e. The third-order valence-electron chi connectivity index (χ3n) is 2.80. The molecule has 6 heteroatoms. The van der Waals surface area contributed by atoms with E-state index in [1.807, 2.05) is 0 Å². The van der Waals surface area contributed by atoms with Gasteiger partial charge in [-0.15, -0.1) is 0 Å². The van der Waals surface area contributed by atoms with Gasteiger partial charge in [0, 0.05) is 13.0 Å². The van der Waals surface area contributed by atoms with Gasteiger partial charge in [-0.25, -0.2) is 13.2 Å². The minimum atomic E-state index is -1.68. The standard InChI is InChI=1S/C12H10F3NO2/c13-9-4-3-8(10(14)11(9)15)12(18)16-5-1-2-7(17)6-16/h3-4H,1-2,5-6H2. The summed E-state index contributed by atoms with van der Waals surface area (Å²) in [6.45, 7) is 0.195. The Morgan fingerprint density at radius 2 is 1.89 bits per heavy atom. The highest BCUT2D eigenvalue weighted by Gasteiger charge is 2.26. The van der Waals surface area contributed by atoms with Crippen molar-refractivity contribution in [2.75, 3.05) is 13.1 Å². The van der Waals surface area contributed by atoms with E-state index in [0.29, 0.717) is 25.5 Å². The zero-order valence-electron chi connectivity index (χ0n) is 9.38. The van der Waals surface area contributed by atoms with Gasteiger partial charge in [0.15, 0.2) is 23.2 Å². The van der Waals surface area contributed by atoms with Crippen LogP contribution in [0.1, 0.15) is 23.2 Å². The molecule has 1 fully saturated rings. The first-order chi connectivity index (χ1) is 8.50. The first-order valence-corrected chi connectivity index (χ1v) is 5.45. The highest BCUT2D eigenvalue weighted by atomic mass is 19.2. The van der Waals surface area contributed by atoms with Crippen LogP contribution < -0.4 is 0 Å². The molecule has 1 saturated heterocycles. The summed E-state index contributed by atoms with van der Waals surface area (Å²) in [5.74, 6) is -5.46. The zero-order valence-corrected chi connectivity index (χ0v) is 9.38. The molecule has 0 atom stereocenters. The fraction of sp³-hybridized carbons (Fsp3) is 0.333. The Balaban J connectivity index is 2.29. The van der Waals surface area contributed by atoms with Crippen molar-refractivity contribution in [3.63, 3.8) is 0 Å². The molecule has 3 nitrogen and oxygen atoms in total. The predicted octanol–water partition coefficient (Wildman–Crippen LogP) is 1.91. The number of ketones is 1. The lowest BCUT2D eigenvalue weighted by atomic mass is 10.1. The Labute approximate surface area is 101 Å². The fourth-order valence-corrected chi connectivity index (χ4v) is 1.87. The summed E-state index contributed by atoms with van der Waals surface area (Å²) in [5.41, 5.74) is -0.552. The minimum absolute atomic E-state index is 0.114. The van der Waals surface area contributed by atoms with Gasteiger partial charge in [-0.3, -0.25) is 9.59 Å². The molecule has 0 aromatic heterocycles. The van der Waals surface area contributed by atoms with E-state index in [1.54, 1.807) is 0 Å². The molecule has 0 aliphatic carbocycles. The number of rotatable bonds is 1. The van der Waals surface area contributed by atoms with Crippen LogP contribution in [0.25, 0.3) is 0 Å². The van der Waals surface area contributed by atoms with E-state index in [4.69, 9.17) is 0 Å². The van der Waals surface area contributed by atoms with Crippen LogP contribution in [0, 0.1) is 17.5 Å². The predicted molar refractivity (Wildman–Crippen MR) is 56.5 cm³/mol. The van der Waals surface area contributed by atoms with E-state index in [1.165, 1.54) is 0 Å². The van der Waals surface area contributed by atoms with Crippen molar-refractivity contribution >= 4 is 11.7 Å². The van der Waals surface area contributed by atoms with Crippen LogP contribution in [0.5, 0.6) is 0 Å². The van der Waals surface area contributed by atoms with Gasteiger partial charge in [0.2, 0.25) is 0 Å². The molecule has 1 heterocycles. The second-order valence-corrected chi connectivity index (χ2v) is 4.09. The molecule has 1 aromatic rings. The lowest BCUT2D eigenvalue weighted by molar-refractivity contribution is -0.121. The summed E-state index contributed by atoms with van der Waals surface area (Å²) < 4.78 is 39.2. The maximum absolute atomic E-state index is 13.4. The highest BCUT2D eigenvalue weighted by molar-refractivity contribution is 5.97. The molecule has 1 aliphatic rings. The van der Waals surface area contributed by atoms with Gasteiger partial charge in [0.25, 0.3) is 5.91 Å². The van der Waals surface area contributed by atoms with Gasteiger partial charge in [0.05, 0.1) is 12.1 Å². The normalized spacial score (nSPS) is 15.9. The number of piperidine rings is 1. The average molecular weight is 257 g/mol. The van der Waals surface area contributed by atoms with E-state index < -0.39 is 28.9 Å². The summed E-state index contributed by atoms with van der Waals surface area (Å²) in [4.78, 5) is 24.2. The molecule has 1 aliphatic heterocycles. The Hall–Kier alpha value is -1.85. The van der Waals surface area contributed by atoms with E-state index in [2.05, 4.69) is 0 Å². The summed E-state index contributed by atoms with van der Waals surface area (Å²) >= 11 is 0. The lowest BCUT2D eigenvalue weighted by Crippen LogP contribution is -2.40. The molecular formula is C12H10F3NO2. The number of likely N-dealkylation sites (tertiary alicyclic amines) is 1. The molecule has 0 radical (unpaired) electrons. The van der Waals surface area contributed by atoms with Crippen molar-refractivity contribution in [1.82, 2.24) is 4.90 Å². The fourth-order valence-electron chi connectivity index (χ4n) is 1.87. The summed E-state index contributed by atoms with van der Waals surface area (Å²) in [6, 6.07) is 1.58. The SMILES string of the molecule is O=C1CCCN(C(=O)c2ccc(F)c(F)c2F)C1. The van der Waals surface area contributed by atoms with E-state index in [0.717, 1.165) is 11.0 Å². The number of carbonyl (C=O) groups excluding carboxylic acids is 2. The summed E-state index contributed by atoms with van der Waals surface area (Å²) in [7, 11) is 0. The first kappa shape index (κ1) is 12.6. The molecule has 2 rings (SSSR count). The Bertz CT molecular complexity index is 516. The van der Waals surface area contributed by atoms with Crippen molar-refractivity contribution in [2.45, 2.75) is 12.8 Å². The molecule has 0 unspecified atom stereocenters. The van der Waals surface area contributed by atoms with E-state index in [9.17, 15) is 22.8 Å². The lowest BCUT2D eigenvalue weighted by Gasteiger charge is -2.26. The van der Waals surface area contributed by atoms with Crippen molar-refractivity contribution in [1.29, 1.82) is 0 Å². The highest BCUT2D eigenvalue weighted by Crippen LogP contribution is 2.18. The molecule has 0 saturated carbocycles. The number of amides is 1. The zero-order chi connectivity index (χ0) is 13.3. The van der Waals surface area contributed by atoms with E-state index in [-0.39, 0.29) is 12.3 Å². The molecule has 96 valence electrons.